The van der Waals surface area contributed by atoms with E-state index in [1.165, 1.54) is 19.4 Å². The first-order valence-electron chi connectivity index (χ1n) is 7.36. The zero-order chi connectivity index (χ0) is 12.8. The number of rotatable bonds is 1. The quantitative estimate of drug-likeness (QED) is 0.794. The molecule has 0 aliphatic carbocycles. The lowest BCUT2D eigenvalue weighted by Gasteiger charge is -2.44. The van der Waals surface area contributed by atoms with Gasteiger partial charge in [-0.1, -0.05) is 0 Å². The third-order valence-electron chi connectivity index (χ3n) is 5.08. The van der Waals surface area contributed by atoms with Gasteiger partial charge in [0.2, 0.25) is 5.91 Å². The van der Waals surface area contributed by atoms with E-state index in [2.05, 4.69) is 29.0 Å². The molecule has 1 amide bonds. The molecule has 3 unspecified atom stereocenters. The smallest absolute Gasteiger partial charge is 0.230 e. The van der Waals surface area contributed by atoms with Crippen LogP contribution in [0.3, 0.4) is 0 Å². The minimum absolute atomic E-state index is 0. The number of carbonyl (C=O) groups excluding carboxylic acids is 1. The van der Waals surface area contributed by atoms with Crippen molar-refractivity contribution >= 4 is 30.7 Å². The van der Waals surface area contributed by atoms with Gasteiger partial charge in [0.1, 0.15) is 0 Å². The van der Waals surface area contributed by atoms with Crippen LogP contribution >= 0.6 is 24.8 Å². The van der Waals surface area contributed by atoms with Crippen LogP contribution in [0.4, 0.5) is 0 Å². The maximum absolute atomic E-state index is 12.8. The number of piperazine rings is 1. The van der Waals surface area contributed by atoms with Crippen LogP contribution < -0.4 is 5.32 Å². The molecule has 0 aromatic carbocycles. The summed E-state index contributed by atoms with van der Waals surface area (Å²) in [5.74, 6) is 0.381. The Balaban J connectivity index is 0.000001000. The molecule has 1 N–H and O–H groups in total. The predicted molar refractivity (Wildman–Crippen MR) is 85.9 cm³/mol. The van der Waals surface area contributed by atoms with Gasteiger partial charge in [-0.2, -0.15) is 0 Å². The molecule has 20 heavy (non-hydrogen) atoms. The molecule has 3 atom stereocenters. The number of nitrogens with zero attached hydrogens (tertiary/aromatic N) is 2. The summed E-state index contributed by atoms with van der Waals surface area (Å²) < 4.78 is 0. The number of hydrogen-bond acceptors (Lipinski definition) is 3. The molecule has 118 valence electrons. The van der Waals surface area contributed by atoms with Gasteiger partial charge < -0.3 is 10.2 Å². The Hall–Kier alpha value is -0.0300. The molecular weight excluding hydrogens is 297 g/mol. The summed E-state index contributed by atoms with van der Waals surface area (Å²) in [5.41, 5.74) is -0.158. The largest absolute Gasteiger partial charge is 0.337 e. The molecule has 4 nitrogen and oxygen atoms in total. The van der Waals surface area contributed by atoms with Gasteiger partial charge in [0.15, 0.2) is 0 Å². The molecule has 0 spiro atoms. The summed E-state index contributed by atoms with van der Waals surface area (Å²) in [4.78, 5) is 17.5. The predicted octanol–water partition coefficient (Wildman–Crippen LogP) is 1.52. The molecule has 0 aromatic rings. The van der Waals surface area contributed by atoms with E-state index in [1.54, 1.807) is 0 Å². The van der Waals surface area contributed by atoms with Crippen molar-refractivity contribution in [1.29, 1.82) is 0 Å². The van der Waals surface area contributed by atoms with E-state index in [0.29, 0.717) is 18.0 Å². The first-order chi connectivity index (χ1) is 8.60. The molecule has 3 fully saturated rings. The van der Waals surface area contributed by atoms with Gasteiger partial charge in [-0.3, -0.25) is 9.69 Å². The summed E-state index contributed by atoms with van der Waals surface area (Å²) >= 11 is 0. The third kappa shape index (κ3) is 3.08. The van der Waals surface area contributed by atoms with Crippen molar-refractivity contribution in [3.8, 4) is 0 Å². The van der Waals surface area contributed by atoms with Crippen LogP contribution in [0.2, 0.25) is 0 Å². The molecule has 3 saturated heterocycles. The van der Waals surface area contributed by atoms with Gasteiger partial charge in [-0.05, 0) is 46.2 Å². The molecule has 3 aliphatic rings. The second kappa shape index (κ2) is 6.82. The summed E-state index contributed by atoms with van der Waals surface area (Å²) in [7, 11) is 0. The SMILES string of the molecule is CC1CN2CCCC2CN1C(=O)C1(C)CCNC1.Cl.Cl. The normalized spacial score (nSPS) is 37.0. The van der Waals surface area contributed by atoms with Crippen LogP contribution in [0.25, 0.3) is 0 Å². The van der Waals surface area contributed by atoms with Crippen LogP contribution in [0, 0.1) is 5.41 Å². The Labute approximate surface area is 134 Å². The minimum atomic E-state index is -0.158. The average Bonchev–Trinajstić information content (AvgIpc) is 2.96. The number of hydrogen-bond donors (Lipinski definition) is 1. The summed E-state index contributed by atoms with van der Waals surface area (Å²) in [5, 5.41) is 3.34. The van der Waals surface area contributed by atoms with Gasteiger partial charge in [0.25, 0.3) is 0 Å². The monoisotopic (exact) mass is 323 g/mol. The third-order valence-corrected chi connectivity index (χ3v) is 5.08. The molecule has 0 radical (unpaired) electrons. The molecule has 3 aliphatic heterocycles. The van der Waals surface area contributed by atoms with Gasteiger partial charge in [0, 0.05) is 31.7 Å². The van der Waals surface area contributed by atoms with E-state index in [1.807, 2.05) is 0 Å². The molecule has 0 saturated carbocycles. The van der Waals surface area contributed by atoms with Crippen LogP contribution in [-0.2, 0) is 4.79 Å². The van der Waals surface area contributed by atoms with Crippen molar-refractivity contribution in [2.45, 2.75) is 45.2 Å². The number of amides is 1. The Bertz CT molecular complexity index is 347. The standard InChI is InChI=1S/C14H25N3O.2ClH/c1-11-8-16-7-3-4-12(16)9-17(11)13(18)14(2)5-6-15-10-14;;/h11-12,15H,3-10H2,1-2H3;2*1H. The lowest BCUT2D eigenvalue weighted by molar-refractivity contribution is -0.146. The van der Waals surface area contributed by atoms with Crippen LogP contribution in [0.5, 0.6) is 0 Å². The number of nitrogens with one attached hydrogen (secondary N) is 1. The average molecular weight is 324 g/mol. The van der Waals surface area contributed by atoms with Gasteiger partial charge in [-0.15, -0.1) is 24.8 Å². The Morgan fingerprint density at radius 3 is 2.70 bits per heavy atom. The topological polar surface area (TPSA) is 35.6 Å². The first kappa shape index (κ1) is 18.0. The van der Waals surface area contributed by atoms with Crippen molar-refractivity contribution < 1.29 is 4.79 Å². The van der Waals surface area contributed by atoms with E-state index in [0.717, 1.165) is 32.6 Å². The maximum atomic E-state index is 12.8. The number of halogens is 2. The highest BCUT2D eigenvalue weighted by Gasteiger charge is 2.44. The highest BCUT2D eigenvalue weighted by atomic mass is 35.5. The van der Waals surface area contributed by atoms with E-state index in [4.69, 9.17) is 0 Å². The zero-order valence-corrected chi connectivity index (χ0v) is 14.1. The van der Waals surface area contributed by atoms with Crippen molar-refractivity contribution in [2.24, 2.45) is 5.41 Å². The van der Waals surface area contributed by atoms with E-state index < -0.39 is 0 Å². The Morgan fingerprint density at radius 2 is 2.05 bits per heavy atom. The highest BCUT2D eigenvalue weighted by molar-refractivity contribution is 5.85. The summed E-state index contributed by atoms with van der Waals surface area (Å²) in [6.07, 6.45) is 3.56. The van der Waals surface area contributed by atoms with Gasteiger partial charge in [0.05, 0.1) is 5.41 Å². The van der Waals surface area contributed by atoms with Crippen molar-refractivity contribution in [2.75, 3.05) is 32.7 Å². The first-order valence-corrected chi connectivity index (χ1v) is 7.36. The number of carbonyl (C=O) groups is 1. The fraction of sp³-hybridized carbons (Fsp3) is 0.929. The van der Waals surface area contributed by atoms with E-state index in [9.17, 15) is 4.79 Å². The van der Waals surface area contributed by atoms with Crippen molar-refractivity contribution in [3.63, 3.8) is 0 Å². The molecule has 3 rings (SSSR count). The van der Waals surface area contributed by atoms with E-state index >= 15 is 0 Å². The molecule has 0 aromatic heterocycles. The van der Waals surface area contributed by atoms with Crippen molar-refractivity contribution in [1.82, 2.24) is 15.1 Å². The summed E-state index contributed by atoms with van der Waals surface area (Å²) in [6.45, 7) is 9.43. The molecule has 3 heterocycles. The molecule has 6 heteroatoms. The highest BCUT2D eigenvalue weighted by Crippen LogP contribution is 2.31. The second-order valence-electron chi connectivity index (χ2n) is 6.58. The minimum Gasteiger partial charge on any atom is -0.337 e. The van der Waals surface area contributed by atoms with E-state index in [-0.39, 0.29) is 30.2 Å². The molecule has 0 bridgehead atoms. The lowest BCUT2D eigenvalue weighted by Crippen LogP contribution is -2.59. The maximum Gasteiger partial charge on any atom is 0.230 e. The van der Waals surface area contributed by atoms with Crippen LogP contribution in [0.1, 0.15) is 33.1 Å². The summed E-state index contributed by atoms with van der Waals surface area (Å²) in [6, 6.07) is 1.01. The Morgan fingerprint density at radius 1 is 1.30 bits per heavy atom. The van der Waals surface area contributed by atoms with Crippen molar-refractivity contribution in [3.05, 3.63) is 0 Å². The van der Waals surface area contributed by atoms with Crippen LogP contribution in [-0.4, -0.2) is 60.5 Å². The second-order valence-corrected chi connectivity index (χ2v) is 6.58. The Kier molecular flexibility index (Phi) is 6.14. The van der Waals surface area contributed by atoms with Gasteiger partial charge in [-0.25, -0.2) is 0 Å². The fourth-order valence-corrected chi connectivity index (χ4v) is 3.82. The lowest BCUT2D eigenvalue weighted by atomic mass is 9.87. The fourth-order valence-electron chi connectivity index (χ4n) is 3.82. The van der Waals surface area contributed by atoms with Gasteiger partial charge >= 0.3 is 0 Å². The van der Waals surface area contributed by atoms with Crippen LogP contribution in [0.15, 0.2) is 0 Å². The number of fused-ring (bicyclic) bond motifs is 1. The molecular formula is C14H27Cl2N3O. The zero-order valence-electron chi connectivity index (χ0n) is 12.4.